The maximum atomic E-state index is 11.9. The molecule has 0 saturated carbocycles. The second kappa shape index (κ2) is 6.92. The minimum absolute atomic E-state index is 0.340. The monoisotopic (exact) mass is 289 g/mol. The SMILES string of the molecule is CCCCOc1ccc2c(c1)/C(=C/OCC)C(=O)NC2=O. The number of carbonyl (C=O) groups is 2. The molecule has 0 unspecified atom stereocenters. The van der Waals surface area contributed by atoms with Crippen molar-refractivity contribution >= 4 is 17.4 Å². The molecule has 5 nitrogen and oxygen atoms in total. The van der Waals surface area contributed by atoms with Crippen molar-refractivity contribution in [3.05, 3.63) is 35.6 Å². The minimum Gasteiger partial charge on any atom is -0.501 e. The van der Waals surface area contributed by atoms with Crippen molar-refractivity contribution < 1.29 is 19.1 Å². The molecule has 1 aliphatic heterocycles. The maximum absolute atomic E-state index is 11.9. The van der Waals surface area contributed by atoms with Crippen LogP contribution < -0.4 is 10.1 Å². The molecule has 0 saturated heterocycles. The van der Waals surface area contributed by atoms with E-state index in [1.807, 2.05) is 6.92 Å². The average Bonchev–Trinajstić information content (AvgIpc) is 2.47. The topological polar surface area (TPSA) is 64.6 Å². The summed E-state index contributed by atoms with van der Waals surface area (Å²) in [5.74, 6) is -0.206. The summed E-state index contributed by atoms with van der Waals surface area (Å²) >= 11 is 0. The van der Waals surface area contributed by atoms with E-state index in [0.717, 1.165) is 12.8 Å². The van der Waals surface area contributed by atoms with E-state index in [9.17, 15) is 9.59 Å². The van der Waals surface area contributed by atoms with Crippen molar-refractivity contribution in [3.8, 4) is 5.75 Å². The number of hydrogen-bond donors (Lipinski definition) is 1. The van der Waals surface area contributed by atoms with Gasteiger partial charge in [0.1, 0.15) is 5.75 Å². The van der Waals surface area contributed by atoms with Gasteiger partial charge < -0.3 is 9.47 Å². The molecule has 0 radical (unpaired) electrons. The Bertz CT molecular complexity index is 578. The molecule has 21 heavy (non-hydrogen) atoms. The highest BCUT2D eigenvalue weighted by atomic mass is 16.5. The summed E-state index contributed by atoms with van der Waals surface area (Å²) in [4.78, 5) is 23.8. The van der Waals surface area contributed by atoms with Crippen LogP contribution in [0.2, 0.25) is 0 Å². The van der Waals surface area contributed by atoms with E-state index in [2.05, 4.69) is 12.2 Å². The number of rotatable bonds is 6. The first kappa shape index (κ1) is 15.1. The van der Waals surface area contributed by atoms with Gasteiger partial charge in [-0.2, -0.15) is 0 Å². The van der Waals surface area contributed by atoms with Gasteiger partial charge in [-0.25, -0.2) is 0 Å². The van der Waals surface area contributed by atoms with E-state index in [-0.39, 0.29) is 0 Å². The Labute approximate surface area is 123 Å². The van der Waals surface area contributed by atoms with Crippen LogP contribution in [0.3, 0.4) is 0 Å². The first-order valence-electron chi connectivity index (χ1n) is 7.12. The molecule has 112 valence electrons. The van der Waals surface area contributed by atoms with Crippen LogP contribution in [0.5, 0.6) is 5.75 Å². The van der Waals surface area contributed by atoms with E-state index in [0.29, 0.717) is 35.7 Å². The lowest BCUT2D eigenvalue weighted by atomic mass is 9.95. The van der Waals surface area contributed by atoms with Crippen LogP contribution in [0.1, 0.15) is 42.6 Å². The molecule has 2 rings (SSSR count). The summed E-state index contributed by atoms with van der Waals surface area (Å²) in [6.07, 6.45) is 3.38. The molecule has 0 spiro atoms. The molecule has 2 amide bonds. The fourth-order valence-corrected chi connectivity index (χ4v) is 2.01. The summed E-state index contributed by atoms with van der Waals surface area (Å²) in [6.45, 7) is 4.98. The zero-order chi connectivity index (χ0) is 15.2. The Hall–Kier alpha value is -2.30. The fraction of sp³-hybridized carbons (Fsp3) is 0.375. The molecule has 0 aromatic heterocycles. The number of nitrogens with one attached hydrogen (secondary N) is 1. The first-order valence-corrected chi connectivity index (χ1v) is 7.12. The predicted octanol–water partition coefficient (Wildman–Crippen LogP) is 2.51. The lowest BCUT2D eigenvalue weighted by Crippen LogP contribution is -2.36. The number of amides is 2. The molecule has 0 fully saturated rings. The van der Waals surface area contributed by atoms with Crippen LogP contribution in [0.25, 0.3) is 5.57 Å². The van der Waals surface area contributed by atoms with Crippen molar-refractivity contribution in [1.29, 1.82) is 0 Å². The molecule has 1 aliphatic rings. The lowest BCUT2D eigenvalue weighted by molar-refractivity contribution is -0.114. The summed E-state index contributed by atoms with van der Waals surface area (Å²) < 4.78 is 10.8. The highest BCUT2D eigenvalue weighted by molar-refractivity contribution is 6.30. The number of fused-ring (bicyclic) bond motifs is 1. The number of benzene rings is 1. The van der Waals surface area contributed by atoms with Crippen LogP contribution in [0, 0.1) is 0 Å². The van der Waals surface area contributed by atoms with E-state index in [1.165, 1.54) is 6.26 Å². The van der Waals surface area contributed by atoms with Crippen molar-refractivity contribution in [2.75, 3.05) is 13.2 Å². The second-order valence-electron chi connectivity index (χ2n) is 4.68. The third-order valence-electron chi connectivity index (χ3n) is 3.13. The molecule has 1 aromatic carbocycles. The summed E-state index contributed by atoms with van der Waals surface area (Å²) in [5.41, 5.74) is 1.34. The van der Waals surface area contributed by atoms with Crippen LogP contribution in [0.15, 0.2) is 24.5 Å². The van der Waals surface area contributed by atoms with Gasteiger partial charge in [0.05, 0.1) is 25.0 Å². The van der Waals surface area contributed by atoms with E-state index < -0.39 is 11.8 Å². The number of imide groups is 1. The van der Waals surface area contributed by atoms with Gasteiger partial charge in [-0.15, -0.1) is 0 Å². The quantitative estimate of drug-likeness (QED) is 0.378. The van der Waals surface area contributed by atoms with Gasteiger partial charge in [-0.05, 0) is 31.5 Å². The Morgan fingerprint density at radius 1 is 1.14 bits per heavy atom. The second-order valence-corrected chi connectivity index (χ2v) is 4.68. The average molecular weight is 289 g/mol. The highest BCUT2D eigenvalue weighted by Crippen LogP contribution is 2.28. The van der Waals surface area contributed by atoms with Gasteiger partial charge in [0.25, 0.3) is 11.8 Å². The van der Waals surface area contributed by atoms with E-state index in [4.69, 9.17) is 9.47 Å². The fourth-order valence-electron chi connectivity index (χ4n) is 2.01. The maximum Gasteiger partial charge on any atom is 0.261 e. The van der Waals surface area contributed by atoms with Crippen molar-refractivity contribution in [1.82, 2.24) is 5.32 Å². The van der Waals surface area contributed by atoms with Gasteiger partial charge >= 0.3 is 0 Å². The van der Waals surface area contributed by atoms with Crippen molar-refractivity contribution in [2.45, 2.75) is 26.7 Å². The van der Waals surface area contributed by atoms with Crippen LogP contribution in [0.4, 0.5) is 0 Å². The Morgan fingerprint density at radius 3 is 2.67 bits per heavy atom. The predicted molar refractivity (Wildman–Crippen MR) is 78.9 cm³/mol. The first-order chi connectivity index (χ1) is 10.2. The van der Waals surface area contributed by atoms with Crippen LogP contribution in [-0.4, -0.2) is 25.0 Å². The standard InChI is InChI=1S/C16H19NO4/c1-3-5-8-21-11-6-7-12-13(9-11)14(10-20-4-2)16(19)17-15(12)18/h6-7,9-10H,3-5,8H2,1-2H3,(H,17,18,19)/b14-10-. The van der Waals surface area contributed by atoms with Crippen molar-refractivity contribution in [3.63, 3.8) is 0 Å². The third-order valence-corrected chi connectivity index (χ3v) is 3.13. The summed E-state index contributed by atoms with van der Waals surface area (Å²) in [5, 5.41) is 2.30. The van der Waals surface area contributed by atoms with Gasteiger partial charge in [-0.1, -0.05) is 13.3 Å². The molecule has 1 aromatic rings. The smallest absolute Gasteiger partial charge is 0.261 e. The van der Waals surface area contributed by atoms with E-state index >= 15 is 0 Å². The number of carbonyl (C=O) groups excluding carboxylic acids is 2. The normalized spacial score (nSPS) is 15.6. The number of hydrogen-bond acceptors (Lipinski definition) is 4. The molecule has 0 bridgehead atoms. The molecule has 5 heteroatoms. The number of ether oxygens (including phenoxy) is 2. The Morgan fingerprint density at radius 2 is 1.95 bits per heavy atom. The Kier molecular flexibility index (Phi) is 4.98. The number of unbranched alkanes of at least 4 members (excludes halogenated alkanes) is 1. The van der Waals surface area contributed by atoms with Gasteiger partial charge in [0.15, 0.2) is 0 Å². The largest absolute Gasteiger partial charge is 0.501 e. The lowest BCUT2D eigenvalue weighted by Gasteiger charge is -2.19. The molecule has 0 aliphatic carbocycles. The highest BCUT2D eigenvalue weighted by Gasteiger charge is 2.28. The summed E-state index contributed by atoms with van der Waals surface area (Å²) in [7, 11) is 0. The van der Waals surface area contributed by atoms with Crippen LogP contribution >= 0.6 is 0 Å². The van der Waals surface area contributed by atoms with E-state index in [1.54, 1.807) is 18.2 Å². The van der Waals surface area contributed by atoms with Gasteiger partial charge in [-0.3, -0.25) is 14.9 Å². The minimum atomic E-state index is -0.452. The third kappa shape index (κ3) is 3.42. The molecular formula is C16H19NO4. The van der Waals surface area contributed by atoms with Gasteiger partial charge in [0, 0.05) is 11.1 Å². The zero-order valence-corrected chi connectivity index (χ0v) is 12.3. The molecule has 1 N–H and O–H groups in total. The molecule has 1 heterocycles. The molecular weight excluding hydrogens is 270 g/mol. The Balaban J connectivity index is 2.34. The van der Waals surface area contributed by atoms with Crippen molar-refractivity contribution in [2.24, 2.45) is 0 Å². The zero-order valence-electron chi connectivity index (χ0n) is 12.3. The molecule has 0 atom stereocenters. The summed E-state index contributed by atoms with van der Waals surface area (Å²) in [6, 6.07) is 5.12. The van der Waals surface area contributed by atoms with Gasteiger partial charge in [0.2, 0.25) is 0 Å². The van der Waals surface area contributed by atoms with Crippen LogP contribution in [-0.2, 0) is 9.53 Å².